The zero-order valence-electron chi connectivity index (χ0n) is 12.8. The van der Waals surface area contributed by atoms with Gasteiger partial charge in [0.05, 0.1) is 22.5 Å². The first kappa shape index (κ1) is 16.7. The first-order chi connectivity index (χ1) is 12.0. The highest BCUT2D eigenvalue weighted by Gasteiger charge is 2.14. The van der Waals surface area contributed by atoms with Crippen LogP contribution in [0.25, 0.3) is 0 Å². The fourth-order valence-corrected chi connectivity index (χ4v) is 2.36. The Morgan fingerprint density at radius 2 is 1.76 bits per heavy atom. The second-order valence-corrected chi connectivity index (χ2v) is 5.47. The summed E-state index contributed by atoms with van der Waals surface area (Å²) in [6.45, 7) is 0. The summed E-state index contributed by atoms with van der Waals surface area (Å²) in [6.07, 6.45) is 1.39. The molecule has 5 nitrogen and oxygen atoms in total. The topological polar surface area (TPSA) is 71.3 Å². The van der Waals surface area contributed by atoms with Gasteiger partial charge in [0.2, 0.25) is 0 Å². The lowest BCUT2D eigenvalue weighted by molar-refractivity contribution is 0.0994. The molecule has 0 saturated heterocycles. The maximum atomic E-state index is 13.6. The van der Waals surface area contributed by atoms with Gasteiger partial charge in [0.1, 0.15) is 5.82 Å². The van der Waals surface area contributed by atoms with E-state index in [1.807, 2.05) is 0 Å². The molecule has 0 spiro atoms. The van der Waals surface area contributed by atoms with Crippen LogP contribution in [0.1, 0.15) is 20.9 Å². The summed E-state index contributed by atoms with van der Waals surface area (Å²) in [5, 5.41) is 5.36. The summed E-state index contributed by atoms with van der Waals surface area (Å²) in [7, 11) is 0. The van der Waals surface area contributed by atoms with Gasteiger partial charge in [-0.2, -0.15) is 0 Å². The lowest BCUT2D eigenvalue weighted by Gasteiger charge is -2.10. The molecule has 0 fully saturated rings. The Hall–Kier alpha value is -3.12. The molecule has 7 heteroatoms. The van der Waals surface area contributed by atoms with Crippen molar-refractivity contribution in [2.24, 2.45) is 0 Å². The third kappa shape index (κ3) is 3.87. The van der Waals surface area contributed by atoms with Crippen molar-refractivity contribution in [3.63, 3.8) is 0 Å². The Balaban J connectivity index is 1.73. The number of carbonyl (C=O) groups excluding carboxylic acids is 2. The highest BCUT2D eigenvalue weighted by Crippen LogP contribution is 2.26. The smallest absolute Gasteiger partial charge is 0.291 e. The van der Waals surface area contributed by atoms with Gasteiger partial charge in [-0.1, -0.05) is 23.7 Å². The van der Waals surface area contributed by atoms with Crippen LogP contribution in [0.15, 0.2) is 65.3 Å². The molecule has 0 radical (unpaired) electrons. The number of furan rings is 1. The monoisotopic (exact) mass is 358 g/mol. The van der Waals surface area contributed by atoms with Gasteiger partial charge in [-0.15, -0.1) is 0 Å². The Labute approximate surface area is 147 Å². The molecule has 3 rings (SSSR count). The number of benzene rings is 2. The van der Waals surface area contributed by atoms with E-state index in [0.717, 1.165) is 0 Å². The van der Waals surface area contributed by atoms with Gasteiger partial charge in [0, 0.05) is 5.69 Å². The number of anilines is 2. The molecule has 2 amide bonds. The SMILES string of the molecule is O=C(Nc1ccc(NC(=O)c2ccccc2F)cc1Cl)c1ccco1. The van der Waals surface area contributed by atoms with Crippen LogP contribution in [0.5, 0.6) is 0 Å². The molecule has 0 unspecified atom stereocenters. The van der Waals surface area contributed by atoms with E-state index in [9.17, 15) is 14.0 Å². The van der Waals surface area contributed by atoms with Crippen LogP contribution >= 0.6 is 11.6 Å². The van der Waals surface area contributed by atoms with Gasteiger partial charge in [-0.25, -0.2) is 4.39 Å². The van der Waals surface area contributed by atoms with Crippen LogP contribution in [0.3, 0.4) is 0 Å². The molecular weight excluding hydrogens is 347 g/mol. The molecular formula is C18H12ClFN2O3. The summed E-state index contributed by atoms with van der Waals surface area (Å²) in [5.41, 5.74) is 0.648. The van der Waals surface area contributed by atoms with E-state index >= 15 is 0 Å². The number of rotatable bonds is 4. The Morgan fingerprint density at radius 3 is 2.44 bits per heavy atom. The standard InChI is InChI=1S/C18H12ClFN2O3/c19-13-10-11(21-17(23)12-4-1-2-5-14(12)20)7-8-15(13)22-18(24)16-6-3-9-25-16/h1-10H,(H,21,23)(H,22,24). The molecule has 1 heterocycles. The molecule has 1 aromatic heterocycles. The van der Waals surface area contributed by atoms with Crippen LogP contribution in [-0.4, -0.2) is 11.8 Å². The predicted octanol–water partition coefficient (Wildman–Crippen LogP) is 4.58. The second kappa shape index (κ2) is 7.19. The van der Waals surface area contributed by atoms with E-state index in [0.29, 0.717) is 11.4 Å². The first-order valence-electron chi connectivity index (χ1n) is 7.25. The van der Waals surface area contributed by atoms with Crippen molar-refractivity contribution in [2.75, 3.05) is 10.6 Å². The van der Waals surface area contributed by atoms with E-state index in [4.69, 9.17) is 16.0 Å². The van der Waals surface area contributed by atoms with Gasteiger partial charge >= 0.3 is 0 Å². The second-order valence-electron chi connectivity index (χ2n) is 5.06. The minimum Gasteiger partial charge on any atom is -0.459 e. The molecule has 2 N–H and O–H groups in total. The van der Waals surface area contributed by atoms with Crippen LogP contribution in [0.2, 0.25) is 5.02 Å². The summed E-state index contributed by atoms with van der Waals surface area (Å²) in [4.78, 5) is 24.0. The Kier molecular flexibility index (Phi) is 4.81. The normalized spacial score (nSPS) is 10.3. The minimum atomic E-state index is -0.617. The van der Waals surface area contributed by atoms with Crippen molar-refractivity contribution in [2.45, 2.75) is 0 Å². The van der Waals surface area contributed by atoms with Crippen LogP contribution in [0, 0.1) is 5.82 Å². The van der Waals surface area contributed by atoms with Crippen molar-refractivity contribution in [3.8, 4) is 0 Å². The van der Waals surface area contributed by atoms with Gasteiger partial charge in [-0.05, 0) is 42.5 Å². The number of hydrogen-bond acceptors (Lipinski definition) is 3. The molecule has 0 bridgehead atoms. The first-order valence-corrected chi connectivity index (χ1v) is 7.62. The van der Waals surface area contributed by atoms with Crippen LogP contribution in [-0.2, 0) is 0 Å². The maximum absolute atomic E-state index is 13.6. The van der Waals surface area contributed by atoms with Gasteiger partial charge in [-0.3, -0.25) is 9.59 Å². The molecule has 0 aliphatic rings. The summed E-state index contributed by atoms with van der Waals surface area (Å²) < 4.78 is 18.6. The van der Waals surface area contributed by atoms with Gasteiger partial charge < -0.3 is 15.1 Å². The fraction of sp³-hybridized carbons (Fsp3) is 0. The maximum Gasteiger partial charge on any atom is 0.291 e. The lowest BCUT2D eigenvalue weighted by atomic mass is 10.2. The largest absolute Gasteiger partial charge is 0.459 e. The highest BCUT2D eigenvalue weighted by atomic mass is 35.5. The zero-order chi connectivity index (χ0) is 17.8. The Morgan fingerprint density at radius 1 is 0.960 bits per heavy atom. The number of carbonyl (C=O) groups is 2. The molecule has 25 heavy (non-hydrogen) atoms. The lowest BCUT2D eigenvalue weighted by Crippen LogP contribution is -2.14. The van der Waals surface area contributed by atoms with E-state index < -0.39 is 17.6 Å². The molecule has 0 aliphatic carbocycles. The Bertz CT molecular complexity index is 926. The van der Waals surface area contributed by atoms with E-state index in [1.165, 1.54) is 42.7 Å². The van der Waals surface area contributed by atoms with Gasteiger partial charge in [0.15, 0.2) is 5.76 Å². The fourth-order valence-electron chi connectivity index (χ4n) is 2.13. The molecule has 0 aliphatic heterocycles. The quantitative estimate of drug-likeness (QED) is 0.717. The molecule has 126 valence electrons. The number of nitrogens with one attached hydrogen (secondary N) is 2. The summed E-state index contributed by atoms with van der Waals surface area (Å²) in [5.74, 6) is -1.52. The van der Waals surface area contributed by atoms with E-state index in [-0.39, 0.29) is 16.3 Å². The third-order valence-electron chi connectivity index (χ3n) is 3.34. The molecule has 0 atom stereocenters. The summed E-state index contributed by atoms with van der Waals surface area (Å²) >= 11 is 6.12. The van der Waals surface area contributed by atoms with E-state index in [2.05, 4.69) is 10.6 Å². The third-order valence-corrected chi connectivity index (χ3v) is 3.65. The average Bonchev–Trinajstić information content (AvgIpc) is 3.12. The van der Waals surface area contributed by atoms with E-state index in [1.54, 1.807) is 18.2 Å². The zero-order valence-corrected chi connectivity index (χ0v) is 13.5. The van der Waals surface area contributed by atoms with Crippen molar-refractivity contribution in [3.05, 3.63) is 83.0 Å². The van der Waals surface area contributed by atoms with Crippen molar-refractivity contribution in [1.29, 1.82) is 0 Å². The minimum absolute atomic E-state index is 0.0752. The van der Waals surface area contributed by atoms with Crippen molar-refractivity contribution >= 4 is 34.8 Å². The molecule has 2 aromatic carbocycles. The van der Waals surface area contributed by atoms with Crippen LogP contribution in [0.4, 0.5) is 15.8 Å². The molecule has 3 aromatic rings. The summed E-state index contributed by atoms with van der Waals surface area (Å²) in [6, 6.07) is 13.3. The van der Waals surface area contributed by atoms with Crippen molar-refractivity contribution < 1.29 is 18.4 Å². The van der Waals surface area contributed by atoms with Gasteiger partial charge in [0.25, 0.3) is 11.8 Å². The number of halogens is 2. The predicted molar refractivity (Wildman–Crippen MR) is 92.5 cm³/mol. The number of hydrogen-bond donors (Lipinski definition) is 2. The van der Waals surface area contributed by atoms with Crippen LogP contribution < -0.4 is 10.6 Å². The molecule has 0 saturated carbocycles. The number of amides is 2. The highest BCUT2D eigenvalue weighted by molar-refractivity contribution is 6.34. The average molecular weight is 359 g/mol. The van der Waals surface area contributed by atoms with Crippen molar-refractivity contribution in [1.82, 2.24) is 0 Å².